The summed E-state index contributed by atoms with van der Waals surface area (Å²) >= 11 is 0. The molecule has 1 saturated heterocycles. The van der Waals surface area contributed by atoms with E-state index in [-0.39, 0.29) is 12.5 Å². The van der Waals surface area contributed by atoms with Gasteiger partial charge in [0.25, 0.3) is 0 Å². The highest BCUT2D eigenvalue weighted by molar-refractivity contribution is 5.67. The van der Waals surface area contributed by atoms with Crippen LogP contribution in [-0.4, -0.2) is 37.1 Å². The molecule has 2 aromatic heterocycles. The third-order valence-electron chi connectivity index (χ3n) is 4.85. The first-order valence-corrected chi connectivity index (χ1v) is 9.00. The average molecular weight is 342 g/mol. The molecule has 6 nitrogen and oxygen atoms in total. The number of hydrogen-bond donors (Lipinski definition) is 1. The number of aromatic nitrogens is 3. The Morgan fingerprint density at radius 3 is 3.00 bits per heavy atom. The van der Waals surface area contributed by atoms with E-state index in [0.717, 1.165) is 55.3 Å². The highest BCUT2D eigenvalue weighted by Gasteiger charge is 2.28. The molecule has 1 atom stereocenters. The van der Waals surface area contributed by atoms with Crippen molar-refractivity contribution in [2.24, 2.45) is 0 Å². The molecule has 3 rings (SSSR count). The zero-order chi connectivity index (χ0) is 17.8. The van der Waals surface area contributed by atoms with Gasteiger partial charge in [-0.2, -0.15) is 0 Å². The van der Waals surface area contributed by atoms with Gasteiger partial charge in [-0.25, -0.2) is 4.98 Å². The Labute approximate surface area is 148 Å². The van der Waals surface area contributed by atoms with E-state index in [1.807, 2.05) is 25.4 Å². The number of aryl methyl sites for hydroxylation is 3. The van der Waals surface area contributed by atoms with Crippen LogP contribution in [0.15, 0.2) is 24.5 Å². The molecule has 0 aromatic carbocycles. The van der Waals surface area contributed by atoms with Crippen molar-refractivity contribution < 1.29 is 9.90 Å². The number of likely N-dealkylation sites (tertiary alicyclic amines) is 1. The van der Waals surface area contributed by atoms with E-state index in [2.05, 4.69) is 27.4 Å². The Balaban J connectivity index is 1.78. The maximum Gasteiger partial charge on any atom is 0.303 e. The normalized spacial score (nSPS) is 17.9. The summed E-state index contributed by atoms with van der Waals surface area (Å²) in [6.45, 7) is 6.91. The van der Waals surface area contributed by atoms with Gasteiger partial charge in [0.05, 0.1) is 18.3 Å². The second-order valence-electron chi connectivity index (χ2n) is 6.69. The Bertz CT molecular complexity index is 741. The van der Waals surface area contributed by atoms with Gasteiger partial charge < -0.3 is 9.67 Å². The van der Waals surface area contributed by atoms with Gasteiger partial charge in [-0.3, -0.25) is 14.7 Å². The number of carbonyl (C=O) groups is 1. The monoisotopic (exact) mass is 342 g/mol. The van der Waals surface area contributed by atoms with Crippen LogP contribution in [0.1, 0.15) is 55.0 Å². The first kappa shape index (κ1) is 17.6. The molecule has 2 aromatic rings. The van der Waals surface area contributed by atoms with Crippen LogP contribution in [0, 0.1) is 6.92 Å². The van der Waals surface area contributed by atoms with E-state index in [1.165, 1.54) is 0 Å². The lowest BCUT2D eigenvalue weighted by Gasteiger charge is -2.24. The number of rotatable bonds is 7. The van der Waals surface area contributed by atoms with E-state index in [9.17, 15) is 4.79 Å². The standard InChI is InChI=1S/C19H26N4O2/c1-3-22-10-8-20-18(22)13-23-9-4-5-17(23)16-12-15(6-7-19(24)25)11-14(2)21-16/h8,10-12,17H,3-7,9,13H2,1-2H3,(H,24,25). The van der Waals surface area contributed by atoms with Crippen molar-refractivity contribution in [1.29, 1.82) is 0 Å². The highest BCUT2D eigenvalue weighted by atomic mass is 16.4. The summed E-state index contributed by atoms with van der Waals surface area (Å²) in [5, 5.41) is 8.93. The predicted molar refractivity (Wildman–Crippen MR) is 95.2 cm³/mol. The Hall–Kier alpha value is -2.21. The van der Waals surface area contributed by atoms with Gasteiger partial charge in [-0.1, -0.05) is 0 Å². The number of carboxylic acids is 1. The molecule has 0 spiro atoms. The molecular formula is C19H26N4O2. The fourth-order valence-electron chi connectivity index (χ4n) is 3.65. The summed E-state index contributed by atoms with van der Waals surface area (Å²) in [4.78, 5) is 22.5. The van der Waals surface area contributed by atoms with Gasteiger partial charge >= 0.3 is 5.97 Å². The zero-order valence-electron chi connectivity index (χ0n) is 15.0. The van der Waals surface area contributed by atoms with E-state index in [0.29, 0.717) is 6.42 Å². The van der Waals surface area contributed by atoms with Crippen molar-refractivity contribution >= 4 is 5.97 Å². The molecule has 1 N–H and O–H groups in total. The van der Waals surface area contributed by atoms with Crippen LogP contribution < -0.4 is 0 Å². The zero-order valence-corrected chi connectivity index (χ0v) is 15.0. The van der Waals surface area contributed by atoms with Gasteiger partial charge in [0.15, 0.2) is 0 Å². The molecule has 1 unspecified atom stereocenters. The topological polar surface area (TPSA) is 71.2 Å². The van der Waals surface area contributed by atoms with Crippen molar-refractivity contribution in [2.75, 3.05) is 6.54 Å². The molecule has 0 aliphatic carbocycles. The van der Waals surface area contributed by atoms with E-state index >= 15 is 0 Å². The van der Waals surface area contributed by atoms with Crippen LogP contribution in [0.5, 0.6) is 0 Å². The van der Waals surface area contributed by atoms with Crippen molar-refractivity contribution in [3.05, 3.63) is 47.3 Å². The second kappa shape index (κ2) is 7.78. The molecular weight excluding hydrogens is 316 g/mol. The molecule has 0 amide bonds. The molecule has 1 aliphatic heterocycles. The van der Waals surface area contributed by atoms with Crippen LogP contribution in [0.3, 0.4) is 0 Å². The first-order valence-electron chi connectivity index (χ1n) is 9.00. The number of carboxylic acid groups (broad SMARTS) is 1. The minimum atomic E-state index is -0.759. The molecule has 0 saturated carbocycles. The van der Waals surface area contributed by atoms with Crippen molar-refractivity contribution in [1.82, 2.24) is 19.4 Å². The number of imidazole rings is 1. The molecule has 0 bridgehead atoms. The summed E-state index contributed by atoms with van der Waals surface area (Å²) in [6, 6.07) is 4.37. The summed E-state index contributed by atoms with van der Waals surface area (Å²) in [7, 11) is 0. The average Bonchev–Trinajstić information content (AvgIpc) is 3.22. The molecule has 1 fully saturated rings. The summed E-state index contributed by atoms with van der Waals surface area (Å²) < 4.78 is 2.18. The Morgan fingerprint density at radius 1 is 1.40 bits per heavy atom. The van der Waals surface area contributed by atoms with Crippen LogP contribution in [0.4, 0.5) is 0 Å². The quantitative estimate of drug-likeness (QED) is 0.837. The molecule has 1 aliphatic rings. The van der Waals surface area contributed by atoms with Crippen LogP contribution in [0.25, 0.3) is 0 Å². The smallest absolute Gasteiger partial charge is 0.303 e. The number of pyridine rings is 1. The SMILES string of the molecule is CCn1ccnc1CN1CCCC1c1cc(CCC(=O)O)cc(C)n1. The summed E-state index contributed by atoms with van der Waals surface area (Å²) in [6.07, 6.45) is 6.83. The lowest BCUT2D eigenvalue weighted by Crippen LogP contribution is -2.25. The Kier molecular flexibility index (Phi) is 5.48. The van der Waals surface area contributed by atoms with Crippen LogP contribution >= 0.6 is 0 Å². The maximum absolute atomic E-state index is 10.9. The Morgan fingerprint density at radius 2 is 2.24 bits per heavy atom. The third kappa shape index (κ3) is 4.25. The third-order valence-corrected chi connectivity index (χ3v) is 4.85. The predicted octanol–water partition coefficient (Wildman–Crippen LogP) is 2.96. The molecule has 3 heterocycles. The van der Waals surface area contributed by atoms with E-state index in [1.54, 1.807) is 0 Å². The van der Waals surface area contributed by atoms with Crippen molar-refractivity contribution in [2.45, 2.75) is 58.7 Å². The number of nitrogens with zero attached hydrogens (tertiary/aromatic N) is 4. The van der Waals surface area contributed by atoms with Crippen LogP contribution in [0.2, 0.25) is 0 Å². The minimum Gasteiger partial charge on any atom is -0.481 e. The summed E-state index contributed by atoms with van der Waals surface area (Å²) in [5.41, 5.74) is 3.08. The largest absolute Gasteiger partial charge is 0.481 e. The van der Waals surface area contributed by atoms with Crippen molar-refractivity contribution in [3.63, 3.8) is 0 Å². The van der Waals surface area contributed by atoms with Gasteiger partial charge in [0.2, 0.25) is 0 Å². The van der Waals surface area contributed by atoms with Crippen molar-refractivity contribution in [3.8, 4) is 0 Å². The molecule has 25 heavy (non-hydrogen) atoms. The fourth-order valence-corrected chi connectivity index (χ4v) is 3.65. The lowest BCUT2D eigenvalue weighted by atomic mass is 10.0. The number of hydrogen-bond acceptors (Lipinski definition) is 4. The van der Waals surface area contributed by atoms with Gasteiger partial charge in [0, 0.05) is 31.1 Å². The van der Waals surface area contributed by atoms with E-state index in [4.69, 9.17) is 10.1 Å². The van der Waals surface area contributed by atoms with Gasteiger partial charge in [-0.05, 0) is 57.4 Å². The minimum absolute atomic E-state index is 0.158. The van der Waals surface area contributed by atoms with Gasteiger partial charge in [-0.15, -0.1) is 0 Å². The molecule has 134 valence electrons. The molecule has 6 heteroatoms. The first-order chi connectivity index (χ1) is 12.1. The second-order valence-corrected chi connectivity index (χ2v) is 6.69. The number of aliphatic carboxylic acids is 1. The molecule has 0 radical (unpaired) electrons. The van der Waals surface area contributed by atoms with Gasteiger partial charge in [0.1, 0.15) is 5.82 Å². The van der Waals surface area contributed by atoms with E-state index < -0.39 is 5.97 Å². The highest BCUT2D eigenvalue weighted by Crippen LogP contribution is 2.32. The maximum atomic E-state index is 10.9. The lowest BCUT2D eigenvalue weighted by molar-refractivity contribution is -0.136. The fraction of sp³-hybridized carbons (Fsp3) is 0.526. The summed E-state index contributed by atoms with van der Waals surface area (Å²) in [5.74, 6) is 0.332. The van der Waals surface area contributed by atoms with Crippen LogP contribution in [-0.2, 0) is 24.3 Å².